The van der Waals surface area contributed by atoms with Crippen LogP contribution in [0.3, 0.4) is 0 Å². The molecule has 1 atom stereocenters. The van der Waals surface area contributed by atoms with Crippen LogP contribution in [0.25, 0.3) is 0 Å². The number of carbonyl (C=O) groups is 2. The van der Waals surface area contributed by atoms with Gasteiger partial charge in [0, 0.05) is 16.9 Å². The Balaban J connectivity index is 2.90. The molecule has 0 bridgehead atoms. The Hall–Kier alpha value is -1.75. The molecule has 0 fully saturated rings. The molecule has 0 spiro atoms. The van der Waals surface area contributed by atoms with E-state index < -0.39 is 17.2 Å². The van der Waals surface area contributed by atoms with E-state index in [9.17, 15) is 19.1 Å². The van der Waals surface area contributed by atoms with Crippen molar-refractivity contribution in [2.75, 3.05) is 11.9 Å². The maximum atomic E-state index is 14.1. The van der Waals surface area contributed by atoms with Crippen molar-refractivity contribution in [2.24, 2.45) is 11.3 Å². The van der Waals surface area contributed by atoms with Gasteiger partial charge < -0.3 is 10.4 Å². The van der Waals surface area contributed by atoms with E-state index in [4.69, 9.17) is 0 Å². The fourth-order valence-electron chi connectivity index (χ4n) is 2.07. The standard InChI is InChI=1S/C18H26FNO3/c1-5-6-7-13(11-21)16(22)12-8-9-15(14(19)10-12)20-17(23)18(2,3)4/h8-10,13,21H,5-7,11H2,1-4H3,(H,20,23). The number of anilines is 1. The summed E-state index contributed by atoms with van der Waals surface area (Å²) in [6.45, 7) is 6.96. The van der Waals surface area contributed by atoms with Crippen molar-refractivity contribution < 1.29 is 19.1 Å². The zero-order valence-electron chi connectivity index (χ0n) is 14.3. The lowest BCUT2D eigenvalue weighted by molar-refractivity contribution is -0.123. The molecule has 128 valence electrons. The molecule has 1 amide bonds. The monoisotopic (exact) mass is 323 g/mol. The first-order valence-corrected chi connectivity index (χ1v) is 7.96. The highest BCUT2D eigenvalue weighted by Gasteiger charge is 2.23. The van der Waals surface area contributed by atoms with Crippen molar-refractivity contribution in [3.8, 4) is 0 Å². The van der Waals surface area contributed by atoms with Crippen LogP contribution in [0, 0.1) is 17.2 Å². The molecule has 1 aromatic carbocycles. The Labute approximate surface area is 137 Å². The third-order valence-electron chi connectivity index (χ3n) is 3.68. The molecule has 0 saturated heterocycles. The third kappa shape index (κ3) is 5.43. The number of nitrogens with one attached hydrogen (secondary N) is 1. The average molecular weight is 323 g/mol. The highest BCUT2D eigenvalue weighted by atomic mass is 19.1. The number of ketones is 1. The summed E-state index contributed by atoms with van der Waals surface area (Å²) in [5, 5.41) is 11.9. The van der Waals surface area contributed by atoms with E-state index in [-0.39, 0.29) is 29.5 Å². The number of hydrogen-bond acceptors (Lipinski definition) is 3. The van der Waals surface area contributed by atoms with Crippen molar-refractivity contribution >= 4 is 17.4 Å². The number of hydrogen-bond donors (Lipinski definition) is 2. The Morgan fingerprint density at radius 2 is 1.96 bits per heavy atom. The minimum Gasteiger partial charge on any atom is -0.396 e. The van der Waals surface area contributed by atoms with Crippen LogP contribution in [0.4, 0.5) is 10.1 Å². The van der Waals surface area contributed by atoms with Crippen LogP contribution in [-0.4, -0.2) is 23.4 Å². The van der Waals surface area contributed by atoms with Crippen LogP contribution in [0.15, 0.2) is 18.2 Å². The lowest BCUT2D eigenvalue weighted by atomic mass is 9.93. The van der Waals surface area contributed by atoms with Gasteiger partial charge in [0.05, 0.1) is 12.3 Å². The van der Waals surface area contributed by atoms with E-state index in [1.165, 1.54) is 12.1 Å². The summed E-state index contributed by atoms with van der Waals surface area (Å²) in [7, 11) is 0. The van der Waals surface area contributed by atoms with E-state index in [2.05, 4.69) is 5.32 Å². The molecular formula is C18H26FNO3. The molecule has 0 aliphatic carbocycles. The smallest absolute Gasteiger partial charge is 0.229 e. The van der Waals surface area contributed by atoms with Crippen LogP contribution in [0.2, 0.25) is 0 Å². The number of rotatable bonds is 7. The lowest BCUT2D eigenvalue weighted by Crippen LogP contribution is -2.28. The number of amides is 1. The zero-order chi connectivity index (χ0) is 17.6. The molecule has 1 unspecified atom stereocenters. The quantitative estimate of drug-likeness (QED) is 0.750. The predicted octanol–water partition coefficient (Wildman–Crippen LogP) is 3.79. The minimum atomic E-state index is -0.652. The second-order valence-electron chi connectivity index (χ2n) is 6.78. The third-order valence-corrected chi connectivity index (χ3v) is 3.68. The van der Waals surface area contributed by atoms with Gasteiger partial charge in [-0.2, -0.15) is 0 Å². The van der Waals surface area contributed by atoms with Crippen LogP contribution >= 0.6 is 0 Å². The fourth-order valence-corrected chi connectivity index (χ4v) is 2.07. The molecule has 0 saturated carbocycles. The van der Waals surface area contributed by atoms with Gasteiger partial charge in [-0.25, -0.2) is 4.39 Å². The molecule has 0 radical (unpaired) electrons. The van der Waals surface area contributed by atoms with E-state index >= 15 is 0 Å². The lowest BCUT2D eigenvalue weighted by Gasteiger charge is -2.18. The summed E-state index contributed by atoms with van der Waals surface area (Å²) < 4.78 is 14.1. The number of Topliss-reactive ketones (excluding diaryl/α,β-unsaturated/α-hetero) is 1. The summed E-state index contributed by atoms with van der Waals surface area (Å²) in [6.07, 6.45) is 2.34. The van der Waals surface area contributed by atoms with Gasteiger partial charge in [0.1, 0.15) is 5.82 Å². The fraction of sp³-hybridized carbons (Fsp3) is 0.556. The molecule has 0 aliphatic heterocycles. The van der Waals surface area contributed by atoms with Crippen molar-refractivity contribution in [3.05, 3.63) is 29.6 Å². The van der Waals surface area contributed by atoms with Gasteiger partial charge in [0.15, 0.2) is 5.78 Å². The number of aliphatic hydroxyl groups is 1. The van der Waals surface area contributed by atoms with E-state index in [1.807, 2.05) is 6.92 Å². The minimum absolute atomic E-state index is 0.0515. The molecule has 0 aliphatic rings. The first-order valence-electron chi connectivity index (χ1n) is 7.96. The molecule has 23 heavy (non-hydrogen) atoms. The second-order valence-corrected chi connectivity index (χ2v) is 6.78. The number of benzene rings is 1. The highest BCUT2D eigenvalue weighted by Crippen LogP contribution is 2.23. The molecule has 0 heterocycles. The van der Waals surface area contributed by atoms with Crippen molar-refractivity contribution in [1.29, 1.82) is 0 Å². The van der Waals surface area contributed by atoms with Gasteiger partial charge in [-0.3, -0.25) is 9.59 Å². The summed E-state index contributed by atoms with van der Waals surface area (Å²) in [4.78, 5) is 24.2. The van der Waals surface area contributed by atoms with Gasteiger partial charge >= 0.3 is 0 Å². The van der Waals surface area contributed by atoms with Crippen LogP contribution < -0.4 is 5.32 Å². The summed E-state index contributed by atoms with van der Waals surface area (Å²) in [5.74, 6) is -1.73. The first-order chi connectivity index (χ1) is 10.7. The largest absolute Gasteiger partial charge is 0.396 e. The predicted molar refractivity (Wildman–Crippen MR) is 88.9 cm³/mol. The maximum Gasteiger partial charge on any atom is 0.229 e. The molecule has 4 nitrogen and oxygen atoms in total. The maximum absolute atomic E-state index is 14.1. The number of aliphatic hydroxyl groups excluding tert-OH is 1. The first kappa shape index (κ1) is 19.3. The van der Waals surface area contributed by atoms with Gasteiger partial charge in [-0.05, 0) is 24.6 Å². The summed E-state index contributed by atoms with van der Waals surface area (Å²) >= 11 is 0. The Kier molecular flexibility index (Phi) is 6.88. The molecule has 1 aromatic rings. The molecule has 5 heteroatoms. The number of unbranched alkanes of at least 4 members (excludes halogenated alkanes) is 1. The van der Waals surface area contributed by atoms with Crippen LogP contribution in [-0.2, 0) is 4.79 Å². The summed E-state index contributed by atoms with van der Waals surface area (Å²) in [5.41, 5.74) is -0.370. The Bertz CT molecular complexity index is 564. The van der Waals surface area contributed by atoms with Crippen molar-refractivity contribution in [3.63, 3.8) is 0 Å². The van der Waals surface area contributed by atoms with Gasteiger partial charge in [0.25, 0.3) is 0 Å². The van der Waals surface area contributed by atoms with Crippen molar-refractivity contribution in [2.45, 2.75) is 47.0 Å². The molecule has 2 N–H and O–H groups in total. The molecule has 0 aromatic heterocycles. The van der Waals surface area contributed by atoms with Crippen LogP contribution in [0.5, 0.6) is 0 Å². The van der Waals surface area contributed by atoms with Gasteiger partial charge in [-0.15, -0.1) is 0 Å². The number of carbonyl (C=O) groups excluding carboxylic acids is 2. The van der Waals surface area contributed by atoms with Gasteiger partial charge in [-0.1, -0.05) is 40.5 Å². The Morgan fingerprint density at radius 1 is 1.30 bits per heavy atom. The van der Waals surface area contributed by atoms with E-state index in [0.717, 1.165) is 18.9 Å². The zero-order valence-corrected chi connectivity index (χ0v) is 14.3. The second kappa shape index (κ2) is 8.20. The van der Waals surface area contributed by atoms with E-state index in [1.54, 1.807) is 20.8 Å². The van der Waals surface area contributed by atoms with Gasteiger partial charge in [0.2, 0.25) is 5.91 Å². The SMILES string of the molecule is CCCCC(CO)C(=O)c1ccc(NC(=O)C(C)(C)C)c(F)c1. The molecule has 1 rings (SSSR count). The normalized spacial score (nSPS) is 12.8. The van der Waals surface area contributed by atoms with Crippen LogP contribution in [0.1, 0.15) is 57.3 Å². The average Bonchev–Trinajstić information content (AvgIpc) is 2.48. The number of halogens is 1. The molecular weight excluding hydrogens is 297 g/mol. The topological polar surface area (TPSA) is 66.4 Å². The van der Waals surface area contributed by atoms with Crippen molar-refractivity contribution in [1.82, 2.24) is 0 Å². The Morgan fingerprint density at radius 3 is 2.43 bits per heavy atom. The highest BCUT2D eigenvalue weighted by molar-refractivity contribution is 5.99. The summed E-state index contributed by atoms with van der Waals surface area (Å²) in [6, 6.07) is 3.99. The van der Waals surface area contributed by atoms with E-state index in [0.29, 0.717) is 6.42 Å².